The summed E-state index contributed by atoms with van der Waals surface area (Å²) in [5.41, 5.74) is -2.81. The highest BCUT2D eigenvalue weighted by Gasteiger charge is 2.53. The van der Waals surface area contributed by atoms with E-state index in [1.807, 2.05) is 0 Å². The molecule has 3 atom stereocenters. The summed E-state index contributed by atoms with van der Waals surface area (Å²) in [6, 6.07) is -1.03. The molecule has 0 aromatic rings. The van der Waals surface area contributed by atoms with Crippen molar-refractivity contribution in [2.75, 3.05) is 13.2 Å². The topological polar surface area (TPSA) is 121 Å². The number of ether oxygens (including phenoxy) is 5. The van der Waals surface area contributed by atoms with Gasteiger partial charge in [-0.3, -0.25) is 4.90 Å². The van der Waals surface area contributed by atoms with Crippen molar-refractivity contribution in [2.24, 2.45) is 0 Å². The maximum atomic E-state index is 12.9. The van der Waals surface area contributed by atoms with Crippen LogP contribution in [0.15, 0.2) is 0 Å². The van der Waals surface area contributed by atoms with Crippen LogP contribution in [0.25, 0.3) is 0 Å². The van der Waals surface area contributed by atoms with E-state index in [1.165, 1.54) is 4.90 Å². The smallest absolute Gasteiger partial charge is 0.464 e. The molecule has 0 bridgehead atoms. The zero-order chi connectivity index (χ0) is 23.5. The highest BCUT2D eigenvalue weighted by atomic mass is 16.7. The van der Waals surface area contributed by atoms with Gasteiger partial charge in [0.1, 0.15) is 23.0 Å². The summed E-state index contributed by atoms with van der Waals surface area (Å²) in [7, 11) is 0. The van der Waals surface area contributed by atoms with Crippen LogP contribution in [0.1, 0.15) is 62.3 Å². The Kier molecular flexibility index (Phi) is 8.12. The van der Waals surface area contributed by atoms with Crippen molar-refractivity contribution < 1.29 is 43.2 Å². The summed E-state index contributed by atoms with van der Waals surface area (Å²) in [5.74, 6) is -1.00. The molecule has 30 heavy (non-hydrogen) atoms. The van der Waals surface area contributed by atoms with Gasteiger partial charge in [-0.05, 0) is 62.3 Å². The second kappa shape index (κ2) is 9.38. The average molecular weight is 433 g/mol. The van der Waals surface area contributed by atoms with E-state index in [0.717, 1.165) is 0 Å². The fourth-order valence-electron chi connectivity index (χ4n) is 2.84. The third kappa shape index (κ3) is 7.32. The molecule has 0 aromatic carbocycles. The summed E-state index contributed by atoms with van der Waals surface area (Å²) in [5, 5.41) is 10.6. The minimum atomic E-state index is -1.87. The number of amides is 1. The molecule has 1 heterocycles. The van der Waals surface area contributed by atoms with E-state index < -0.39 is 53.4 Å². The molecule has 10 heteroatoms. The number of aliphatic hydroxyl groups is 1. The molecule has 0 aromatic heterocycles. The van der Waals surface area contributed by atoms with Crippen molar-refractivity contribution in [3.8, 4) is 0 Å². The van der Waals surface area contributed by atoms with E-state index in [9.17, 15) is 19.5 Å². The van der Waals surface area contributed by atoms with E-state index in [4.69, 9.17) is 23.7 Å². The maximum absolute atomic E-state index is 12.9. The van der Waals surface area contributed by atoms with Gasteiger partial charge in [0.15, 0.2) is 12.2 Å². The Morgan fingerprint density at radius 1 is 1.10 bits per heavy atom. The lowest BCUT2D eigenvalue weighted by molar-refractivity contribution is -0.164. The van der Waals surface area contributed by atoms with Crippen molar-refractivity contribution in [1.29, 1.82) is 0 Å². The number of carbonyl (C=O) groups is 3. The number of rotatable bonds is 5. The average Bonchev–Trinajstić information content (AvgIpc) is 2.84. The Morgan fingerprint density at radius 3 is 2.10 bits per heavy atom. The minimum absolute atomic E-state index is 0.0114. The van der Waals surface area contributed by atoms with Gasteiger partial charge < -0.3 is 28.8 Å². The molecule has 0 aliphatic carbocycles. The van der Waals surface area contributed by atoms with Gasteiger partial charge >= 0.3 is 18.2 Å². The normalized spacial score (nSPS) is 20.9. The molecule has 1 aliphatic heterocycles. The minimum Gasteiger partial charge on any atom is -0.464 e. The van der Waals surface area contributed by atoms with Crippen molar-refractivity contribution >= 4 is 18.2 Å². The fourth-order valence-corrected chi connectivity index (χ4v) is 2.84. The Hall–Kier alpha value is -2.07. The largest absolute Gasteiger partial charge is 0.509 e. The van der Waals surface area contributed by atoms with E-state index in [1.54, 1.807) is 62.3 Å². The molecular formula is C20H35NO9. The van der Waals surface area contributed by atoms with Crippen molar-refractivity contribution in [3.63, 3.8) is 0 Å². The summed E-state index contributed by atoms with van der Waals surface area (Å²) in [4.78, 5) is 38.6. The number of nitrogens with zero attached hydrogens (tertiary/aromatic N) is 1. The Balaban J connectivity index is 3.26. The summed E-state index contributed by atoms with van der Waals surface area (Å²) < 4.78 is 26.4. The zero-order valence-electron chi connectivity index (χ0n) is 19.3. The zero-order valence-corrected chi connectivity index (χ0v) is 19.3. The molecule has 1 aliphatic rings. The fraction of sp³-hybridized carbons (Fsp3) is 0.850. The SMILES string of the molecule is CCOC(=O)[C@H](O)[C@@H](OC(=O)OC(C)(C)C)[C@@H]1COC(C)(C)N1C(=O)OC(C)(C)C. The molecular weight excluding hydrogens is 398 g/mol. The van der Waals surface area contributed by atoms with Crippen LogP contribution in [0.2, 0.25) is 0 Å². The quantitative estimate of drug-likeness (QED) is 0.515. The third-order valence-corrected chi connectivity index (χ3v) is 3.95. The second-order valence-electron chi connectivity index (χ2n) is 9.42. The molecule has 174 valence electrons. The monoisotopic (exact) mass is 433 g/mol. The van der Waals surface area contributed by atoms with Crippen LogP contribution >= 0.6 is 0 Å². The number of hydrogen-bond acceptors (Lipinski definition) is 9. The van der Waals surface area contributed by atoms with Gasteiger partial charge in [-0.1, -0.05) is 0 Å². The Bertz CT molecular complexity index is 633. The molecule has 1 fully saturated rings. The molecule has 0 radical (unpaired) electrons. The van der Waals surface area contributed by atoms with Crippen LogP contribution in [-0.4, -0.2) is 76.6 Å². The first kappa shape index (κ1) is 26.0. The lowest BCUT2D eigenvalue weighted by atomic mass is 10.0. The highest BCUT2D eigenvalue weighted by molar-refractivity contribution is 5.76. The lowest BCUT2D eigenvalue weighted by Gasteiger charge is -2.38. The number of esters is 1. The Labute approximate surface area is 177 Å². The summed E-state index contributed by atoms with van der Waals surface area (Å²) >= 11 is 0. The molecule has 1 saturated heterocycles. The standard InChI is InChI=1S/C20H35NO9/c1-10-26-15(23)13(22)14(28-17(25)30-19(5,6)7)12-11-27-20(8,9)21(12)16(24)29-18(2,3)4/h12-14,22H,10-11H2,1-9H3/t12-,13+,14-/m0/s1. The molecule has 1 N–H and O–H groups in total. The van der Waals surface area contributed by atoms with E-state index in [2.05, 4.69) is 0 Å². The second-order valence-corrected chi connectivity index (χ2v) is 9.42. The van der Waals surface area contributed by atoms with Gasteiger partial charge in [-0.15, -0.1) is 0 Å². The molecule has 0 saturated carbocycles. The Morgan fingerprint density at radius 2 is 1.63 bits per heavy atom. The molecule has 1 rings (SSSR count). The first-order valence-electron chi connectivity index (χ1n) is 9.89. The van der Waals surface area contributed by atoms with E-state index in [-0.39, 0.29) is 13.2 Å². The predicted molar refractivity (Wildman–Crippen MR) is 106 cm³/mol. The number of hydrogen-bond donors (Lipinski definition) is 1. The van der Waals surface area contributed by atoms with Crippen molar-refractivity contribution in [2.45, 2.75) is 97.5 Å². The van der Waals surface area contributed by atoms with E-state index >= 15 is 0 Å². The molecule has 0 spiro atoms. The van der Waals surface area contributed by atoms with Crippen LogP contribution < -0.4 is 0 Å². The van der Waals surface area contributed by atoms with Gasteiger partial charge in [-0.25, -0.2) is 14.4 Å². The van der Waals surface area contributed by atoms with Crippen LogP contribution in [0, 0.1) is 0 Å². The summed E-state index contributed by atoms with van der Waals surface area (Å²) in [6.45, 7) is 14.7. The molecule has 1 amide bonds. The number of carbonyl (C=O) groups excluding carboxylic acids is 3. The third-order valence-electron chi connectivity index (χ3n) is 3.95. The highest BCUT2D eigenvalue weighted by Crippen LogP contribution is 2.33. The van der Waals surface area contributed by atoms with Crippen molar-refractivity contribution in [1.82, 2.24) is 4.90 Å². The van der Waals surface area contributed by atoms with Gasteiger partial charge in [0.2, 0.25) is 0 Å². The van der Waals surface area contributed by atoms with Crippen molar-refractivity contribution in [3.05, 3.63) is 0 Å². The van der Waals surface area contributed by atoms with Crippen LogP contribution in [-0.2, 0) is 28.5 Å². The van der Waals surface area contributed by atoms with Gasteiger partial charge in [-0.2, -0.15) is 0 Å². The first-order chi connectivity index (χ1) is 13.5. The van der Waals surface area contributed by atoms with Gasteiger partial charge in [0.25, 0.3) is 0 Å². The lowest BCUT2D eigenvalue weighted by Crippen LogP contribution is -2.58. The molecule has 0 unspecified atom stereocenters. The van der Waals surface area contributed by atoms with Crippen LogP contribution in [0.5, 0.6) is 0 Å². The first-order valence-corrected chi connectivity index (χ1v) is 9.89. The van der Waals surface area contributed by atoms with E-state index in [0.29, 0.717) is 0 Å². The predicted octanol–water partition coefficient (Wildman–Crippen LogP) is 2.60. The maximum Gasteiger partial charge on any atom is 0.509 e. The molecule has 10 nitrogen and oxygen atoms in total. The number of aliphatic hydroxyl groups excluding tert-OH is 1. The summed E-state index contributed by atoms with van der Waals surface area (Å²) in [6.07, 6.45) is -5.23. The van der Waals surface area contributed by atoms with Gasteiger partial charge in [0.05, 0.1) is 13.2 Å². The van der Waals surface area contributed by atoms with Crippen LogP contribution in [0.3, 0.4) is 0 Å². The van der Waals surface area contributed by atoms with Gasteiger partial charge in [0, 0.05) is 0 Å². The van der Waals surface area contributed by atoms with Crippen LogP contribution in [0.4, 0.5) is 9.59 Å².